The van der Waals surface area contributed by atoms with Gasteiger partial charge in [-0.25, -0.2) is 0 Å². The molecular formula is C15H23NO3. The van der Waals surface area contributed by atoms with Crippen LogP contribution >= 0.6 is 0 Å². The number of rotatable bonds is 6. The van der Waals surface area contributed by atoms with E-state index >= 15 is 0 Å². The minimum absolute atomic E-state index is 0.209. The number of fused-ring (bicyclic) bond motifs is 1. The average Bonchev–Trinajstić information content (AvgIpc) is 2.46. The Bertz CT molecular complexity index is 408. The highest BCUT2D eigenvalue weighted by Gasteiger charge is 2.29. The van der Waals surface area contributed by atoms with Crippen molar-refractivity contribution in [2.24, 2.45) is 0 Å². The molecule has 2 rings (SSSR count). The summed E-state index contributed by atoms with van der Waals surface area (Å²) < 4.78 is 16.2. The maximum Gasteiger partial charge on any atom is 0.119 e. The van der Waals surface area contributed by atoms with Crippen LogP contribution in [0.5, 0.6) is 5.75 Å². The van der Waals surface area contributed by atoms with Crippen LogP contribution in [-0.2, 0) is 15.9 Å². The van der Waals surface area contributed by atoms with Gasteiger partial charge in [-0.15, -0.1) is 0 Å². The van der Waals surface area contributed by atoms with Crippen molar-refractivity contribution in [2.45, 2.75) is 25.0 Å². The summed E-state index contributed by atoms with van der Waals surface area (Å²) in [7, 11) is 5.38. The fourth-order valence-corrected chi connectivity index (χ4v) is 2.70. The predicted molar refractivity (Wildman–Crippen MR) is 74.7 cm³/mol. The van der Waals surface area contributed by atoms with Gasteiger partial charge in [0.1, 0.15) is 5.75 Å². The lowest BCUT2D eigenvalue weighted by molar-refractivity contribution is -0.00874. The molecule has 0 radical (unpaired) electrons. The fraction of sp³-hybridized carbons (Fsp3) is 0.600. The van der Waals surface area contributed by atoms with E-state index in [4.69, 9.17) is 14.2 Å². The van der Waals surface area contributed by atoms with Crippen molar-refractivity contribution in [1.29, 1.82) is 0 Å². The molecule has 19 heavy (non-hydrogen) atoms. The molecule has 0 aromatic heterocycles. The molecule has 1 aliphatic carbocycles. The lowest BCUT2D eigenvalue weighted by Crippen LogP contribution is -2.36. The molecule has 0 fully saturated rings. The highest BCUT2D eigenvalue weighted by atomic mass is 16.5. The first-order chi connectivity index (χ1) is 9.30. The molecule has 0 spiro atoms. The Balaban J connectivity index is 2.12. The van der Waals surface area contributed by atoms with Crippen molar-refractivity contribution in [3.05, 3.63) is 29.3 Å². The Morgan fingerprint density at radius 2 is 2.11 bits per heavy atom. The van der Waals surface area contributed by atoms with Crippen LogP contribution in [0.15, 0.2) is 18.2 Å². The van der Waals surface area contributed by atoms with Gasteiger partial charge >= 0.3 is 0 Å². The molecule has 0 heterocycles. The largest absolute Gasteiger partial charge is 0.497 e. The highest BCUT2D eigenvalue weighted by Crippen LogP contribution is 2.33. The van der Waals surface area contributed by atoms with E-state index in [1.807, 2.05) is 13.1 Å². The fourth-order valence-electron chi connectivity index (χ4n) is 2.70. The molecule has 4 heteroatoms. The Kier molecular flexibility index (Phi) is 5.19. The molecule has 0 amide bonds. The van der Waals surface area contributed by atoms with Crippen LogP contribution in [0.4, 0.5) is 0 Å². The number of aryl methyl sites for hydroxylation is 1. The highest BCUT2D eigenvalue weighted by molar-refractivity contribution is 5.39. The van der Waals surface area contributed by atoms with Crippen molar-refractivity contribution in [3.63, 3.8) is 0 Å². The summed E-state index contributed by atoms with van der Waals surface area (Å²) in [6, 6.07) is 6.53. The summed E-state index contributed by atoms with van der Waals surface area (Å²) in [6.45, 7) is 1.28. The van der Waals surface area contributed by atoms with E-state index < -0.39 is 0 Å². The molecule has 2 unspecified atom stereocenters. The topological polar surface area (TPSA) is 39.7 Å². The van der Waals surface area contributed by atoms with Gasteiger partial charge in [0, 0.05) is 7.11 Å². The van der Waals surface area contributed by atoms with Gasteiger partial charge in [-0.3, -0.25) is 0 Å². The van der Waals surface area contributed by atoms with Gasteiger partial charge in [0.25, 0.3) is 0 Å². The second-order valence-corrected chi connectivity index (χ2v) is 4.77. The molecule has 4 nitrogen and oxygen atoms in total. The lowest BCUT2D eigenvalue weighted by atomic mass is 9.85. The molecule has 0 aliphatic heterocycles. The van der Waals surface area contributed by atoms with Crippen LogP contribution in [-0.4, -0.2) is 40.6 Å². The average molecular weight is 265 g/mol. The minimum Gasteiger partial charge on any atom is -0.497 e. The van der Waals surface area contributed by atoms with Gasteiger partial charge in [-0.2, -0.15) is 0 Å². The van der Waals surface area contributed by atoms with Gasteiger partial charge in [0.2, 0.25) is 0 Å². The lowest BCUT2D eigenvalue weighted by Gasteiger charge is -2.33. The van der Waals surface area contributed by atoms with Crippen molar-refractivity contribution in [3.8, 4) is 5.75 Å². The van der Waals surface area contributed by atoms with E-state index in [1.54, 1.807) is 14.2 Å². The third-order valence-corrected chi connectivity index (χ3v) is 3.69. The van der Waals surface area contributed by atoms with Gasteiger partial charge in [0.15, 0.2) is 0 Å². The maximum atomic E-state index is 5.92. The summed E-state index contributed by atoms with van der Waals surface area (Å²) in [5, 5.41) is 3.37. The number of benzene rings is 1. The number of nitrogens with one attached hydrogen (secondary N) is 1. The van der Waals surface area contributed by atoms with Crippen molar-refractivity contribution in [2.75, 3.05) is 34.5 Å². The predicted octanol–water partition coefficient (Wildman–Crippen LogP) is 1.93. The van der Waals surface area contributed by atoms with E-state index in [9.17, 15) is 0 Å². The van der Waals surface area contributed by atoms with E-state index in [0.29, 0.717) is 13.2 Å². The molecule has 106 valence electrons. The number of hydrogen-bond donors (Lipinski definition) is 1. The van der Waals surface area contributed by atoms with Crippen LogP contribution < -0.4 is 10.1 Å². The van der Waals surface area contributed by atoms with E-state index in [1.165, 1.54) is 11.1 Å². The van der Waals surface area contributed by atoms with Crippen molar-refractivity contribution in [1.82, 2.24) is 5.32 Å². The second-order valence-electron chi connectivity index (χ2n) is 4.77. The third-order valence-electron chi connectivity index (χ3n) is 3.69. The Hall–Kier alpha value is -1.10. The summed E-state index contributed by atoms with van der Waals surface area (Å²) in [6.07, 6.45) is 2.26. The molecule has 1 aromatic carbocycles. The number of hydrogen-bond acceptors (Lipinski definition) is 4. The first-order valence-corrected chi connectivity index (χ1v) is 6.74. The molecular weight excluding hydrogens is 242 g/mol. The molecule has 1 aromatic rings. The third kappa shape index (κ3) is 3.26. The zero-order valence-corrected chi connectivity index (χ0v) is 11.9. The first-order valence-electron chi connectivity index (χ1n) is 6.74. The van der Waals surface area contributed by atoms with Crippen LogP contribution in [0.1, 0.15) is 23.6 Å². The molecule has 0 bridgehead atoms. The number of likely N-dealkylation sites (N-methyl/N-ethyl adjacent to an activating group) is 1. The molecule has 0 saturated carbocycles. The molecule has 2 atom stereocenters. The monoisotopic (exact) mass is 265 g/mol. The van der Waals surface area contributed by atoms with E-state index in [2.05, 4.69) is 17.4 Å². The second kappa shape index (κ2) is 6.89. The summed E-state index contributed by atoms with van der Waals surface area (Å²) >= 11 is 0. The zero-order chi connectivity index (χ0) is 13.7. The Labute approximate surface area is 115 Å². The van der Waals surface area contributed by atoms with Crippen LogP contribution in [0, 0.1) is 0 Å². The van der Waals surface area contributed by atoms with Gasteiger partial charge in [0.05, 0.1) is 32.5 Å². The van der Waals surface area contributed by atoms with Crippen LogP contribution in [0.25, 0.3) is 0 Å². The summed E-state index contributed by atoms with van der Waals surface area (Å²) in [5.74, 6) is 0.923. The summed E-state index contributed by atoms with van der Waals surface area (Å²) in [5.41, 5.74) is 2.67. The molecule has 1 aliphatic rings. The molecule has 0 saturated heterocycles. The SMILES string of the molecule is CNC1c2ccc(OC)cc2CCC1OCCOC. The van der Waals surface area contributed by atoms with Gasteiger partial charge in [-0.05, 0) is 43.1 Å². The summed E-state index contributed by atoms with van der Waals surface area (Å²) in [4.78, 5) is 0. The van der Waals surface area contributed by atoms with Crippen LogP contribution in [0.2, 0.25) is 0 Å². The van der Waals surface area contributed by atoms with E-state index in [-0.39, 0.29) is 12.1 Å². The van der Waals surface area contributed by atoms with Crippen molar-refractivity contribution < 1.29 is 14.2 Å². The number of ether oxygens (including phenoxy) is 3. The van der Waals surface area contributed by atoms with E-state index in [0.717, 1.165) is 18.6 Å². The molecule has 1 N–H and O–H groups in total. The Morgan fingerprint density at radius 1 is 1.26 bits per heavy atom. The minimum atomic E-state index is 0.209. The first kappa shape index (κ1) is 14.3. The number of methoxy groups -OCH3 is 2. The van der Waals surface area contributed by atoms with Gasteiger partial charge in [-0.1, -0.05) is 6.07 Å². The zero-order valence-electron chi connectivity index (χ0n) is 11.9. The van der Waals surface area contributed by atoms with Gasteiger partial charge < -0.3 is 19.5 Å². The smallest absolute Gasteiger partial charge is 0.119 e. The maximum absolute atomic E-state index is 5.92. The normalized spacial score (nSPS) is 22.1. The van der Waals surface area contributed by atoms with Crippen molar-refractivity contribution >= 4 is 0 Å². The standard InChI is InChI=1S/C15H23NO3/c1-16-15-13-6-5-12(18-3)10-11(13)4-7-14(15)19-9-8-17-2/h5-6,10,14-16H,4,7-9H2,1-3H3. The van der Waals surface area contributed by atoms with Crippen LogP contribution in [0.3, 0.4) is 0 Å². The Morgan fingerprint density at radius 3 is 2.79 bits per heavy atom. The quantitative estimate of drug-likeness (QED) is 0.798.